The van der Waals surface area contributed by atoms with Gasteiger partial charge in [-0.15, -0.1) is 11.3 Å². The quantitative estimate of drug-likeness (QED) is 0.917. The molecule has 0 aliphatic heterocycles. The molecule has 0 bridgehead atoms. The molecular formula is C9H7ClN2O3S. The van der Waals surface area contributed by atoms with E-state index < -0.39 is 5.97 Å². The van der Waals surface area contributed by atoms with E-state index in [0.29, 0.717) is 9.34 Å². The molecule has 0 aromatic carbocycles. The lowest BCUT2D eigenvalue weighted by atomic mass is 10.4. The molecule has 16 heavy (non-hydrogen) atoms. The van der Waals surface area contributed by atoms with Crippen LogP contribution >= 0.6 is 22.9 Å². The summed E-state index contributed by atoms with van der Waals surface area (Å²) in [6.07, 6.45) is 1.36. The van der Waals surface area contributed by atoms with Gasteiger partial charge in [-0.2, -0.15) is 5.10 Å². The van der Waals surface area contributed by atoms with Gasteiger partial charge in [-0.3, -0.25) is 0 Å². The monoisotopic (exact) mass is 258 g/mol. The minimum atomic E-state index is -1.10. The molecule has 2 aromatic rings. The van der Waals surface area contributed by atoms with Crippen molar-refractivity contribution in [2.45, 2.75) is 0 Å². The van der Waals surface area contributed by atoms with Gasteiger partial charge in [-0.05, 0) is 12.1 Å². The number of hydrogen-bond acceptors (Lipinski definition) is 4. The van der Waals surface area contributed by atoms with Gasteiger partial charge in [0.1, 0.15) is 5.00 Å². The molecule has 0 saturated carbocycles. The highest BCUT2D eigenvalue weighted by molar-refractivity contribution is 7.18. The molecule has 0 saturated heterocycles. The van der Waals surface area contributed by atoms with E-state index in [0.717, 1.165) is 0 Å². The van der Waals surface area contributed by atoms with E-state index in [9.17, 15) is 4.79 Å². The molecule has 0 spiro atoms. The number of methoxy groups -OCH3 is 1. The number of carboxylic acid groups (broad SMARTS) is 1. The molecule has 0 radical (unpaired) electrons. The fourth-order valence-electron chi connectivity index (χ4n) is 1.26. The van der Waals surface area contributed by atoms with Crippen molar-refractivity contribution in [1.82, 2.24) is 9.78 Å². The fourth-order valence-corrected chi connectivity index (χ4v) is 2.26. The minimum absolute atomic E-state index is 0.0129. The summed E-state index contributed by atoms with van der Waals surface area (Å²) in [6, 6.07) is 3.38. The molecule has 2 aromatic heterocycles. The second-order valence-corrected chi connectivity index (χ2v) is 4.55. The third-order valence-corrected chi connectivity index (χ3v) is 3.13. The SMILES string of the molecule is COc1cnn(-c2ccc(Cl)s2)c1C(=O)O. The summed E-state index contributed by atoms with van der Waals surface area (Å²) in [4.78, 5) is 11.1. The molecule has 0 aliphatic carbocycles. The van der Waals surface area contributed by atoms with Gasteiger partial charge in [0.2, 0.25) is 0 Å². The summed E-state index contributed by atoms with van der Waals surface area (Å²) in [6.45, 7) is 0. The Hall–Kier alpha value is -1.53. The van der Waals surface area contributed by atoms with E-state index in [-0.39, 0.29) is 11.4 Å². The number of rotatable bonds is 3. The number of aromatic carboxylic acids is 1. The molecule has 0 atom stereocenters. The van der Waals surface area contributed by atoms with Gasteiger partial charge in [0.05, 0.1) is 17.6 Å². The lowest BCUT2D eigenvalue weighted by Gasteiger charge is -2.01. The molecule has 1 N–H and O–H groups in total. The zero-order chi connectivity index (χ0) is 11.7. The van der Waals surface area contributed by atoms with Crippen LogP contribution in [-0.2, 0) is 0 Å². The van der Waals surface area contributed by atoms with Crippen molar-refractivity contribution in [3.05, 3.63) is 28.4 Å². The summed E-state index contributed by atoms with van der Waals surface area (Å²) in [7, 11) is 1.40. The standard InChI is InChI=1S/C9H7ClN2O3S/c1-15-5-4-11-12(8(5)9(13)14)7-3-2-6(10)16-7/h2-4H,1H3,(H,13,14). The smallest absolute Gasteiger partial charge is 0.358 e. The van der Waals surface area contributed by atoms with Gasteiger partial charge < -0.3 is 9.84 Å². The van der Waals surface area contributed by atoms with Crippen LogP contribution in [0.4, 0.5) is 0 Å². The largest absolute Gasteiger partial charge is 0.493 e. The Morgan fingerprint density at radius 3 is 2.88 bits per heavy atom. The van der Waals surface area contributed by atoms with Gasteiger partial charge in [0.15, 0.2) is 11.4 Å². The van der Waals surface area contributed by atoms with Gasteiger partial charge in [0.25, 0.3) is 0 Å². The van der Waals surface area contributed by atoms with Crippen LogP contribution in [0, 0.1) is 0 Å². The van der Waals surface area contributed by atoms with Crippen LogP contribution in [-0.4, -0.2) is 28.0 Å². The van der Waals surface area contributed by atoms with Crippen LogP contribution in [0.15, 0.2) is 18.3 Å². The Morgan fingerprint density at radius 1 is 1.62 bits per heavy atom. The molecule has 0 fully saturated rings. The van der Waals surface area contributed by atoms with Crippen molar-refractivity contribution in [3.63, 3.8) is 0 Å². The van der Waals surface area contributed by atoms with Crippen molar-refractivity contribution in [2.75, 3.05) is 7.11 Å². The average molecular weight is 259 g/mol. The van der Waals surface area contributed by atoms with Gasteiger partial charge >= 0.3 is 5.97 Å². The number of hydrogen-bond donors (Lipinski definition) is 1. The number of thiophene rings is 1. The zero-order valence-corrected chi connectivity index (χ0v) is 9.75. The molecule has 0 unspecified atom stereocenters. The molecule has 5 nitrogen and oxygen atoms in total. The highest BCUT2D eigenvalue weighted by atomic mass is 35.5. The summed E-state index contributed by atoms with van der Waals surface area (Å²) in [5, 5.41) is 13.7. The minimum Gasteiger partial charge on any atom is -0.493 e. The van der Waals surface area contributed by atoms with E-state index >= 15 is 0 Å². The number of nitrogens with zero attached hydrogens (tertiary/aromatic N) is 2. The first kappa shape index (κ1) is 11.0. The maximum absolute atomic E-state index is 11.1. The number of carboxylic acids is 1. The number of carbonyl (C=O) groups is 1. The summed E-state index contributed by atoms with van der Waals surface area (Å²) in [5.41, 5.74) is -0.0129. The Kier molecular flexibility index (Phi) is 2.84. The highest BCUT2D eigenvalue weighted by Crippen LogP contribution is 2.28. The molecule has 7 heteroatoms. The van der Waals surface area contributed by atoms with Crippen LogP contribution in [0.3, 0.4) is 0 Å². The maximum Gasteiger partial charge on any atom is 0.358 e. The highest BCUT2D eigenvalue weighted by Gasteiger charge is 2.20. The Bertz CT molecular complexity index is 535. The van der Waals surface area contributed by atoms with Crippen LogP contribution in [0.5, 0.6) is 5.75 Å². The van der Waals surface area contributed by atoms with Crippen molar-refractivity contribution >= 4 is 28.9 Å². The number of halogens is 1. The van der Waals surface area contributed by atoms with Gasteiger partial charge in [-0.1, -0.05) is 11.6 Å². The summed E-state index contributed by atoms with van der Waals surface area (Å²) < 4.78 is 6.78. The average Bonchev–Trinajstić information content (AvgIpc) is 2.82. The van der Waals surface area contributed by atoms with E-state index in [2.05, 4.69) is 5.10 Å². The second-order valence-electron chi connectivity index (χ2n) is 2.86. The molecule has 0 amide bonds. The fraction of sp³-hybridized carbons (Fsp3) is 0.111. The van der Waals surface area contributed by atoms with Crippen molar-refractivity contribution in [1.29, 1.82) is 0 Å². The Labute approximate surface area is 99.8 Å². The Morgan fingerprint density at radius 2 is 2.38 bits per heavy atom. The van der Waals surface area contributed by atoms with Crippen LogP contribution in [0.1, 0.15) is 10.5 Å². The van der Waals surface area contributed by atoms with Gasteiger partial charge in [-0.25, -0.2) is 9.48 Å². The molecule has 0 aliphatic rings. The van der Waals surface area contributed by atoms with Gasteiger partial charge in [0, 0.05) is 0 Å². The van der Waals surface area contributed by atoms with E-state index in [1.807, 2.05) is 0 Å². The van der Waals surface area contributed by atoms with E-state index in [1.54, 1.807) is 12.1 Å². The lowest BCUT2D eigenvalue weighted by molar-refractivity contribution is 0.0683. The van der Waals surface area contributed by atoms with Crippen LogP contribution in [0.2, 0.25) is 4.34 Å². The maximum atomic E-state index is 11.1. The van der Waals surface area contributed by atoms with E-state index in [1.165, 1.54) is 29.3 Å². The summed E-state index contributed by atoms with van der Waals surface area (Å²) in [5.74, 6) is -0.879. The lowest BCUT2D eigenvalue weighted by Crippen LogP contribution is -2.07. The van der Waals surface area contributed by atoms with E-state index in [4.69, 9.17) is 21.4 Å². The zero-order valence-electron chi connectivity index (χ0n) is 8.18. The first-order valence-electron chi connectivity index (χ1n) is 4.24. The number of aromatic nitrogens is 2. The first-order valence-corrected chi connectivity index (χ1v) is 5.44. The van der Waals surface area contributed by atoms with Crippen molar-refractivity contribution in [3.8, 4) is 10.8 Å². The summed E-state index contributed by atoms with van der Waals surface area (Å²) >= 11 is 7.02. The third kappa shape index (κ3) is 1.77. The molecular weight excluding hydrogens is 252 g/mol. The third-order valence-electron chi connectivity index (χ3n) is 1.93. The van der Waals surface area contributed by atoms with Crippen LogP contribution < -0.4 is 4.74 Å². The predicted octanol–water partition coefficient (Wildman–Crippen LogP) is 2.29. The number of ether oxygens (including phenoxy) is 1. The van der Waals surface area contributed by atoms with Crippen molar-refractivity contribution in [2.24, 2.45) is 0 Å². The predicted molar refractivity (Wildman–Crippen MR) is 60.0 cm³/mol. The Balaban J connectivity index is 2.57. The van der Waals surface area contributed by atoms with Crippen molar-refractivity contribution < 1.29 is 14.6 Å². The topological polar surface area (TPSA) is 64.4 Å². The molecule has 2 heterocycles. The first-order chi connectivity index (χ1) is 7.63. The molecule has 2 rings (SSSR count). The van der Waals surface area contributed by atoms with Crippen LogP contribution in [0.25, 0.3) is 5.00 Å². The second kappa shape index (κ2) is 4.15. The molecule has 84 valence electrons. The normalized spacial score (nSPS) is 10.4.